The van der Waals surface area contributed by atoms with Crippen LogP contribution in [0, 0.1) is 5.92 Å². The second-order valence-corrected chi connectivity index (χ2v) is 7.75. The van der Waals surface area contributed by atoms with Crippen molar-refractivity contribution in [3.63, 3.8) is 0 Å². The van der Waals surface area contributed by atoms with E-state index in [4.69, 9.17) is 4.74 Å². The molecule has 2 rings (SSSR count). The molecule has 7 heteroatoms. The Balaban J connectivity index is 1.74. The molecule has 2 aliphatic heterocycles. The number of nitrogens with zero attached hydrogens (tertiary/aromatic N) is 1. The van der Waals surface area contributed by atoms with Crippen LogP contribution in [-0.2, 0) is 14.9 Å². The highest BCUT2D eigenvalue weighted by atomic mass is 32.2. The van der Waals surface area contributed by atoms with E-state index in [1.807, 2.05) is 0 Å². The van der Waals surface area contributed by atoms with E-state index >= 15 is 0 Å². The molecule has 2 heterocycles. The number of piperidine rings is 1. The Hall–Kier alpha value is -0.210. The lowest BCUT2D eigenvalue weighted by Crippen LogP contribution is -2.48. The molecule has 2 saturated heterocycles. The lowest BCUT2D eigenvalue weighted by molar-refractivity contribution is 0.105. The summed E-state index contributed by atoms with van der Waals surface area (Å²) in [6, 6.07) is 0. The first kappa shape index (κ1) is 17.1. The van der Waals surface area contributed by atoms with Crippen LogP contribution in [0.1, 0.15) is 39.0 Å². The normalized spacial score (nSPS) is 28.0. The molecule has 2 aliphatic rings. The fourth-order valence-electron chi connectivity index (χ4n) is 3.07. The van der Waals surface area contributed by atoms with Gasteiger partial charge in [-0.2, -0.15) is 12.7 Å². The zero-order valence-corrected chi connectivity index (χ0v) is 13.8. The number of hydrogen-bond acceptors (Lipinski definition) is 4. The van der Waals surface area contributed by atoms with Gasteiger partial charge in [-0.1, -0.05) is 6.92 Å². The lowest BCUT2D eigenvalue weighted by Gasteiger charge is -2.32. The van der Waals surface area contributed by atoms with Crippen molar-refractivity contribution in [1.82, 2.24) is 14.3 Å². The lowest BCUT2D eigenvalue weighted by atomic mass is 10.00. The van der Waals surface area contributed by atoms with E-state index < -0.39 is 10.2 Å². The molecule has 124 valence electrons. The summed E-state index contributed by atoms with van der Waals surface area (Å²) in [4.78, 5) is 0. The van der Waals surface area contributed by atoms with Crippen molar-refractivity contribution in [2.45, 2.75) is 45.1 Å². The summed E-state index contributed by atoms with van der Waals surface area (Å²) in [7, 11) is -3.33. The quantitative estimate of drug-likeness (QED) is 0.691. The van der Waals surface area contributed by atoms with Gasteiger partial charge in [0, 0.05) is 26.2 Å². The average Bonchev–Trinajstić information content (AvgIpc) is 2.98. The molecule has 2 unspecified atom stereocenters. The van der Waals surface area contributed by atoms with Gasteiger partial charge in [0.2, 0.25) is 0 Å². The Morgan fingerprint density at radius 1 is 1.29 bits per heavy atom. The third-order valence-corrected chi connectivity index (χ3v) is 5.86. The van der Waals surface area contributed by atoms with Crippen LogP contribution < -0.4 is 10.0 Å². The molecule has 0 bridgehead atoms. The first-order valence-electron chi connectivity index (χ1n) is 8.19. The first-order valence-corrected chi connectivity index (χ1v) is 9.63. The summed E-state index contributed by atoms with van der Waals surface area (Å²) >= 11 is 0. The molecule has 0 amide bonds. The van der Waals surface area contributed by atoms with Crippen LogP contribution in [-0.4, -0.2) is 58.2 Å². The van der Waals surface area contributed by atoms with Gasteiger partial charge < -0.3 is 10.1 Å². The molecule has 0 aromatic heterocycles. The summed E-state index contributed by atoms with van der Waals surface area (Å²) in [5, 5.41) is 3.31. The smallest absolute Gasteiger partial charge is 0.279 e. The molecule has 21 heavy (non-hydrogen) atoms. The van der Waals surface area contributed by atoms with Crippen LogP contribution in [0.3, 0.4) is 0 Å². The predicted octanol–water partition coefficient (Wildman–Crippen LogP) is 0.711. The second kappa shape index (κ2) is 8.43. The van der Waals surface area contributed by atoms with Crippen molar-refractivity contribution in [3.05, 3.63) is 0 Å². The van der Waals surface area contributed by atoms with Crippen molar-refractivity contribution in [1.29, 1.82) is 0 Å². The minimum Gasteiger partial charge on any atom is -0.378 e. The Labute approximate surface area is 128 Å². The SMILES string of the molecule is CCNCC1CCCN(S(=O)(=O)NCCC2CCCO2)C1. The molecule has 0 aromatic rings. The summed E-state index contributed by atoms with van der Waals surface area (Å²) in [6.45, 7) is 6.46. The molecule has 0 aliphatic carbocycles. The van der Waals surface area contributed by atoms with Crippen LogP contribution in [0.25, 0.3) is 0 Å². The highest BCUT2D eigenvalue weighted by Crippen LogP contribution is 2.18. The highest BCUT2D eigenvalue weighted by molar-refractivity contribution is 7.87. The van der Waals surface area contributed by atoms with Gasteiger partial charge in [-0.25, -0.2) is 4.72 Å². The number of nitrogens with one attached hydrogen (secondary N) is 2. The minimum atomic E-state index is -3.33. The third-order valence-electron chi connectivity index (χ3n) is 4.28. The van der Waals surface area contributed by atoms with Crippen molar-refractivity contribution < 1.29 is 13.2 Å². The summed E-state index contributed by atoms with van der Waals surface area (Å²) in [5.41, 5.74) is 0. The molecule has 0 spiro atoms. The standard InChI is InChI=1S/C14H29N3O3S/c1-2-15-11-13-5-3-9-17(12-13)21(18,19)16-8-7-14-6-4-10-20-14/h13-16H,2-12H2,1H3. The molecular formula is C14H29N3O3S. The van der Waals surface area contributed by atoms with Gasteiger partial charge in [0.25, 0.3) is 10.2 Å². The molecule has 0 radical (unpaired) electrons. The monoisotopic (exact) mass is 319 g/mol. The Morgan fingerprint density at radius 2 is 2.14 bits per heavy atom. The van der Waals surface area contributed by atoms with Gasteiger partial charge >= 0.3 is 0 Å². The number of ether oxygens (including phenoxy) is 1. The van der Waals surface area contributed by atoms with Crippen molar-refractivity contribution in [3.8, 4) is 0 Å². The van der Waals surface area contributed by atoms with Gasteiger partial charge in [0.15, 0.2) is 0 Å². The minimum absolute atomic E-state index is 0.232. The van der Waals surface area contributed by atoms with Crippen molar-refractivity contribution >= 4 is 10.2 Å². The summed E-state index contributed by atoms with van der Waals surface area (Å²) in [6.07, 6.45) is 5.20. The largest absolute Gasteiger partial charge is 0.378 e. The number of rotatable bonds is 8. The van der Waals surface area contributed by atoms with E-state index in [-0.39, 0.29) is 6.10 Å². The Morgan fingerprint density at radius 3 is 2.86 bits per heavy atom. The van der Waals surface area contributed by atoms with E-state index in [1.165, 1.54) is 0 Å². The van der Waals surface area contributed by atoms with E-state index in [0.29, 0.717) is 25.6 Å². The van der Waals surface area contributed by atoms with Gasteiger partial charge in [-0.15, -0.1) is 0 Å². The maximum Gasteiger partial charge on any atom is 0.279 e. The molecule has 6 nitrogen and oxygen atoms in total. The third kappa shape index (κ3) is 5.49. The summed E-state index contributed by atoms with van der Waals surface area (Å²) in [5.74, 6) is 0.424. The van der Waals surface area contributed by atoms with Gasteiger partial charge in [-0.05, 0) is 51.1 Å². The van der Waals surface area contributed by atoms with Crippen molar-refractivity contribution in [2.75, 3.05) is 39.3 Å². The number of hydrogen-bond donors (Lipinski definition) is 2. The highest BCUT2D eigenvalue weighted by Gasteiger charge is 2.28. The maximum atomic E-state index is 12.3. The Kier molecular flexibility index (Phi) is 6.88. The second-order valence-electron chi connectivity index (χ2n) is 6.00. The Bertz CT molecular complexity index is 396. The van der Waals surface area contributed by atoms with E-state index in [0.717, 1.165) is 51.8 Å². The molecular weight excluding hydrogens is 290 g/mol. The summed E-state index contributed by atoms with van der Waals surface area (Å²) < 4.78 is 34.5. The zero-order chi connectivity index (χ0) is 15.1. The van der Waals surface area contributed by atoms with Crippen LogP contribution in [0.2, 0.25) is 0 Å². The van der Waals surface area contributed by atoms with Crippen LogP contribution >= 0.6 is 0 Å². The fourth-order valence-corrected chi connectivity index (χ4v) is 4.41. The van der Waals surface area contributed by atoms with Crippen LogP contribution in [0.15, 0.2) is 0 Å². The predicted molar refractivity (Wildman–Crippen MR) is 83.4 cm³/mol. The molecule has 0 saturated carbocycles. The van der Waals surface area contributed by atoms with Crippen LogP contribution in [0.5, 0.6) is 0 Å². The van der Waals surface area contributed by atoms with Crippen LogP contribution in [0.4, 0.5) is 0 Å². The fraction of sp³-hybridized carbons (Fsp3) is 1.00. The van der Waals surface area contributed by atoms with Crippen molar-refractivity contribution in [2.24, 2.45) is 5.92 Å². The average molecular weight is 319 g/mol. The maximum absolute atomic E-state index is 12.3. The van der Waals surface area contributed by atoms with E-state index in [2.05, 4.69) is 17.0 Å². The zero-order valence-electron chi connectivity index (χ0n) is 13.0. The van der Waals surface area contributed by atoms with Gasteiger partial charge in [0.05, 0.1) is 6.10 Å². The van der Waals surface area contributed by atoms with E-state index in [1.54, 1.807) is 4.31 Å². The topological polar surface area (TPSA) is 70.7 Å². The molecule has 0 aromatic carbocycles. The van der Waals surface area contributed by atoms with E-state index in [9.17, 15) is 8.42 Å². The molecule has 2 fully saturated rings. The molecule has 2 N–H and O–H groups in total. The van der Waals surface area contributed by atoms with Gasteiger partial charge in [-0.3, -0.25) is 0 Å². The molecule has 2 atom stereocenters. The first-order chi connectivity index (χ1) is 10.1. The van der Waals surface area contributed by atoms with Gasteiger partial charge in [0.1, 0.15) is 0 Å².